The molecule has 0 aromatic heterocycles. The maximum atomic E-state index is 12.7. The zero-order chi connectivity index (χ0) is 13.0. The summed E-state index contributed by atoms with van der Waals surface area (Å²) in [5, 5.41) is 0. The van der Waals surface area contributed by atoms with Crippen LogP contribution in [0.15, 0.2) is 0 Å². The van der Waals surface area contributed by atoms with Gasteiger partial charge in [0.25, 0.3) is 0 Å². The summed E-state index contributed by atoms with van der Waals surface area (Å²) in [6, 6.07) is 0.352. The van der Waals surface area contributed by atoms with Crippen LogP contribution in [-0.4, -0.2) is 29.9 Å². The average Bonchev–Trinajstić information content (AvgIpc) is 2.81. The van der Waals surface area contributed by atoms with Gasteiger partial charge in [-0.15, -0.1) is 0 Å². The molecular weight excluding hydrogens is 236 g/mol. The van der Waals surface area contributed by atoms with E-state index < -0.39 is 0 Å². The number of likely N-dealkylation sites (tertiary alicyclic amines) is 1. The lowest BCUT2D eigenvalue weighted by Crippen LogP contribution is -2.35. The molecular formula is C16H26N2O. The van der Waals surface area contributed by atoms with Crippen LogP contribution in [0.4, 0.5) is 0 Å². The third kappa shape index (κ3) is 1.84. The second kappa shape index (κ2) is 4.21. The third-order valence-electron chi connectivity index (χ3n) is 6.56. The fourth-order valence-electron chi connectivity index (χ4n) is 5.21. The molecule has 1 aliphatic heterocycles. The smallest absolute Gasteiger partial charge is 0.226 e. The number of fused-ring (bicyclic) bond motifs is 1. The summed E-state index contributed by atoms with van der Waals surface area (Å²) in [4.78, 5) is 14.9. The lowest BCUT2D eigenvalue weighted by molar-refractivity contribution is -0.132. The van der Waals surface area contributed by atoms with Gasteiger partial charge >= 0.3 is 0 Å². The molecule has 4 aliphatic rings. The second-order valence-electron chi connectivity index (χ2n) is 7.59. The molecule has 1 amide bonds. The normalized spacial score (nSPS) is 43.5. The molecule has 2 N–H and O–H groups in total. The van der Waals surface area contributed by atoms with Crippen molar-refractivity contribution in [2.75, 3.05) is 13.1 Å². The van der Waals surface area contributed by atoms with Gasteiger partial charge in [-0.3, -0.25) is 4.79 Å². The Morgan fingerprint density at radius 1 is 1.11 bits per heavy atom. The van der Waals surface area contributed by atoms with Crippen LogP contribution in [0.3, 0.4) is 0 Å². The van der Waals surface area contributed by atoms with Crippen LogP contribution in [0.1, 0.15) is 51.4 Å². The first kappa shape index (κ1) is 12.2. The SMILES string of the molecule is NC1CCC2CN(C(=O)C3CC34CCCCC4)CC12. The van der Waals surface area contributed by atoms with Crippen LogP contribution in [0.5, 0.6) is 0 Å². The van der Waals surface area contributed by atoms with E-state index in [2.05, 4.69) is 4.90 Å². The standard InChI is InChI=1S/C16H26N2O/c17-14-5-4-11-9-18(10-12(11)14)15(19)13-8-16(13)6-2-1-3-7-16/h11-14H,1-10,17H2. The van der Waals surface area contributed by atoms with Crippen LogP contribution in [0.2, 0.25) is 0 Å². The van der Waals surface area contributed by atoms with Gasteiger partial charge < -0.3 is 10.6 Å². The number of hydrogen-bond donors (Lipinski definition) is 1. The van der Waals surface area contributed by atoms with Crippen molar-refractivity contribution in [2.45, 2.75) is 57.4 Å². The van der Waals surface area contributed by atoms with Crippen LogP contribution in [0.25, 0.3) is 0 Å². The molecule has 4 fully saturated rings. The molecule has 1 spiro atoms. The highest BCUT2D eigenvalue weighted by Gasteiger charge is 2.59. The Morgan fingerprint density at radius 3 is 2.63 bits per heavy atom. The first-order valence-corrected chi connectivity index (χ1v) is 8.24. The highest BCUT2D eigenvalue weighted by atomic mass is 16.2. The van der Waals surface area contributed by atoms with E-state index in [1.54, 1.807) is 0 Å². The van der Waals surface area contributed by atoms with Crippen molar-refractivity contribution in [1.82, 2.24) is 4.90 Å². The average molecular weight is 262 g/mol. The summed E-state index contributed by atoms with van der Waals surface area (Å²) in [5.41, 5.74) is 6.61. The Balaban J connectivity index is 1.40. The topological polar surface area (TPSA) is 46.3 Å². The van der Waals surface area contributed by atoms with Crippen molar-refractivity contribution in [3.8, 4) is 0 Å². The van der Waals surface area contributed by atoms with Gasteiger partial charge in [-0.1, -0.05) is 19.3 Å². The van der Waals surface area contributed by atoms with E-state index >= 15 is 0 Å². The predicted octanol–water partition coefficient (Wildman–Crippen LogP) is 2.15. The summed E-state index contributed by atoms with van der Waals surface area (Å²) >= 11 is 0. The minimum atomic E-state index is 0.352. The van der Waals surface area contributed by atoms with E-state index in [1.807, 2.05) is 0 Å². The van der Waals surface area contributed by atoms with Gasteiger partial charge in [0.2, 0.25) is 5.91 Å². The fraction of sp³-hybridized carbons (Fsp3) is 0.938. The molecule has 0 radical (unpaired) electrons. The molecule has 1 saturated heterocycles. The molecule has 0 aromatic rings. The van der Waals surface area contributed by atoms with Gasteiger partial charge in [0, 0.05) is 25.0 Å². The van der Waals surface area contributed by atoms with E-state index in [0.717, 1.165) is 13.1 Å². The summed E-state index contributed by atoms with van der Waals surface area (Å²) in [6.45, 7) is 1.96. The van der Waals surface area contributed by atoms with Gasteiger partial charge in [0.05, 0.1) is 0 Å². The Bertz CT molecular complexity index is 388. The number of carbonyl (C=O) groups excluding carboxylic acids is 1. The first-order chi connectivity index (χ1) is 9.20. The van der Waals surface area contributed by atoms with E-state index in [1.165, 1.54) is 51.4 Å². The van der Waals surface area contributed by atoms with Gasteiger partial charge in [0.15, 0.2) is 0 Å². The van der Waals surface area contributed by atoms with Crippen molar-refractivity contribution in [3.05, 3.63) is 0 Å². The lowest BCUT2D eigenvalue weighted by atomic mass is 9.84. The quantitative estimate of drug-likeness (QED) is 0.787. The van der Waals surface area contributed by atoms with E-state index in [4.69, 9.17) is 5.73 Å². The summed E-state index contributed by atoms with van der Waals surface area (Å²) in [7, 11) is 0. The van der Waals surface area contributed by atoms with Crippen molar-refractivity contribution in [3.63, 3.8) is 0 Å². The summed E-state index contributed by atoms with van der Waals surface area (Å²) < 4.78 is 0. The molecule has 106 valence electrons. The highest BCUT2D eigenvalue weighted by molar-refractivity contribution is 5.83. The molecule has 0 aromatic carbocycles. The number of nitrogens with zero attached hydrogens (tertiary/aromatic N) is 1. The fourth-order valence-corrected chi connectivity index (χ4v) is 5.21. The maximum Gasteiger partial charge on any atom is 0.226 e. The Kier molecular flexibility index (Phi) is 2.70. The summed E-state index contributed by atoms with van der Waals surface area (Å²) in [5.74, 6) is 2.16. The molecule has 1 heterocycles. The molecule has 3 heteroatoms. The number of nitrogens with two attached hydrogens (primary N) is 1. The lowest BCUT2D eigenvalue weighted by Gasteiger charge is -2.25. The zero-order valence-electron chi connectivity index (χ0n) is 11.8. The molecule has 19 heavy (non-hydrogen) atoms. The van der Waals surface area contributed by atoms with Crippen molar-refractivity contribution >= 4 is 5.91 Å². The molecule has 4 unspecified atom stereocenters. The van der Waals surface area contributed by atoms with Crippen LogP contribution in [-0.2, 0) is 4.79 Å². The molecule has 3 aliphatic carbocycles. The minimum absolute atomic E-state index is 0.352. The molecule has 3 nitrogen and oxygen atoms in total. The van der Waals surface area contributed by atoms with Crippen molar-refractivity contribution < 1.29 is 4.79 Å². The number of rotatable bonds is 1. The van der Waals surface area contributed by atoms with Crippen LogP contribution < -0.4 is 5.73 Å². The van der Waals surface area contributed by atoms with E-state index in [9.17, 15) is 4.79 Å². The van der Waals surface area contributed by atoms with Gasteiger partial charge in [-0.25, -0.2) is 0 Å². The molecule has 0 bridgehead atoms. The minimum Gasteiger partial charge on any atom is -0.342 e. The highest BCUT2D eigenvalue weighted by Crippen LogP contribution is 2.62. The number of hydrogen-bond acceptors (Lipinski definition) is 2. The van der Waals surface area contributed by atoms with Crippen molar-refractivity contribution in [1.29, 1.82) is 0 Å². The zero-order valence-corrected chi connectivity index (χ0v) is 11.8. The number of amides is 1. The molecule has 4 rings (SSSR count). The van der Waals surface area contributed by atoms with E-state index in [-0.39, 0.29) is 0 Å². The van der Waals surface area contributed by atoms with E-state index in [0.29, 0.717) is 35.1 Å². The summed E-state index contributed by atoms with van der Waals surface area (Å²) in [6.07, 6.45) is 10.3. The Labute approximate surface area is 115 Å². The van der Waals surface area contributed by atoms with Crippen LogP contribution in [0, 0.1) is 23.2 Å². The van der Waals surface area contributed by atoms with Gasteiger partial charge in [0.1, 0.15) is 0 Å². The third-order valence-corrected chi connectivity index (χ3v) is 6.56. The Morgan fingerprint density at radius 2 is 1.89 bits per heavy atom. The van der Waals surface area contributed by atoms with Crippen molar-refractivity contribution in [2.24, 2.45) is 28.9 Å². The van der Waals surface area contributed by atoms with Crippen LogP contribution >= 0.6 is 0 Å². The molecule has 3 saturated carbocycles. The second-order valence-corrected chi connectivity index (χ2v) is 7.59. The Hall–Kier alpha value is -0.570. The first-order valence-electron chi connectivity index (χ1n) is 8.24. The largest absolute Gasteiger partial charge is 0.342 e. The predicted molar refractivity (Wildman–Crippen MR) is 74.4 cm³/mol. The monoisotopic (exact) mass is 262 g/mol. The number of carbonyl (C=O) groups is 1. The maximum absolute atomic E-state index is 12.7. The van der Waals surface area contributed by atoms with Gasteiger partial charge in [-0.2, -0.15) is 0 Å². The van der Waals surface area contributed by atoms with Gasteiger partial charge in [-0.05, 0) is 49.4 Å². The molecule has 4 atom stereocenters.